The van der Waals surface area contributed by atoms with E-state index in [0.29, 0.717) is 18.2 Å². The van der Waals surface area contributed by atoms with Crippen LogP contribution in [0.3, 0.4) is 0 Å². The van der Waals surface area contributed by atoms with Gasteiger partial charge in [0.15, 0.2) is 0 Å². The van der Waals surface area contributed by atoms with Crippen molar-refractivity contribution in [1.29, 1.82) is 0 Å². The Morgan fingerprint density at radius 3 is 2.41 bits per heavy atom. The summed E-state index contributed by atoms with van der Waals surface area (Å²) >= 11 is 0. The molecule has 0 radical (unpaired) electrons. The Balaban J connectivity index is 1.48. The summed E-state index contributed by atoms with van der Waals surface area (Å²) in [7, 11) is 0. The monoisotopic (exact) mass is 239 g/mol. The molecule has 0 bridgehead atoms. The van der Waals surface area contributed by atoms with Crippen molar-refractivity contribution in [1.82, 2.24) is 0 Å². The fraction of sp³-hybridized carbons (Fsp3) is 1.00. The van der Waals surface area contributed by atoms with Crippen molar-refractivity contribution < 1.29 is 9.47 Å². The fourth-order valence-corrected chi connectivity index (χ4v) is 3.52. The summed E-state index contributed by atoms with van der Waals surface area (Å²) in [5, 5.41) is 0. The summed E-state index contributed by atoms with van der Waals surface area (Å²) in [5.41, 5.74) is 6.14. The zero-order chi connectivity index (χ0) is 11.7. The quantitative estimate of drug-likeness (QED) is 0.804. The fourth-order valence-electron chi connectivity index (χ4n) is 3.52. The first kappa shape index (κ1) is 11.9. The third kappa shape index (κ3) is 2.67. The van der Waals surface area contributed by atoms with Gasteiger partial charge in [-0.1, -0.05) is 0 Å². The molecular formula is C14H25NO2. The predicted octanol–water partition coefficient (Wildman–Crippen LogP) is 2.37. The van der Waals surface area contributed by atoms with Gasteiger partial charge in [-0.25, -0.2) is 0 Å². The largest absolute Gasteiger partial charge is 0.375 e. The average molecular weight is 239 g/mol. The van der Waals surface area contributed by atoms with Gasteiger partial charge in [0.25, 0.3) is 0 Å². The van der Waals surface area contributed by atoms with Crippen molar-refractivity contribution in [2.45, 2.75) is 81.6 Å². The molecule has 2 aliphatic carbocycles. The third-order valence-electron chi connectivity index (χ3n) is 4.82. The Hall–Kier alpha value is -0.120. The topological polar surface area (TPSA) is 44.5 Å². The van der Waals surface area contributed by atoms with Crippen LogP contribution in [0.5, 0.6) is 0 Å². The second-order valence-corrected chi connectivity index (χ2v) is 6.17. The van der Waals surface area contributed by atoms with Crippen LogP contribution in [-0.4, -0.2) is 30.5 Å². The third-order valence-corrected chi connectivity index (χ3v) is 4.82. The van der Waals surface area contributed by atoms with Gasteiger partial charge in [0.2, 0.25) is 0 Å². The van der Waals surface area contributed by atoms with E-state index in [0.717, 1.165) is 45.1 Å². The van der Waals surface area contributed by atoms with E-state index in [1.54, 1.807) is 0 Å². The van der Waals surface area contributed by atoms with Crippen molar-refractivity contribution in [2.75, 3.05) is 6.61 Å². The highest BCUT2D eigenvalue weighted by Gasteiger charge is 2.43. The maximum absolute atomic E-state index is 6.28. The first-order valence-corrected chi connectivity index (χ1v) is 7.31. The molecule has 0 aromatic carbocycles. The molecule has 3 rings (SSSR count). The van der Waals surface area contributed by atoms with E-state index in [2.05, 4.69) is 0 Å². The second-order valence-electron chi connectivity index (χ2n) is 6.17. The van der Waals surface area contributed by atoms with Crippen molar-refractivity contribution in [2.24, 2.45) is 5.73 Å². The Bertz CT molecular complexity index is 257. The van der Waals surface area contributed by atoms with Crippen molar-refractivity contribution >= 4 is 0 Å². The summed E-state index contributed by atoms with van der Waals surface area (Å²) in [6, 6.07) is 0.419. The summed E-state index contributed by atoms with van der Waals surface area (Å²) in [5.74, 6) is 0. The van der Waals surface area contributed by atoms with E-state index in [1.807, 2.05) is 0 Å². The van der Waals surface area contributed by atoms with Crippen molar-refractivity contribution in [3.63, 3.8) is 0 Å². The second kappa shape index (κ2) is 4.87. The van der Waals surface area contributed by atoms with Crippen LogP contribution in [0.15, 0.2) is 0 Å². The molecule has 1 atom stereocenters. The van der Waals surface area contributed by atoms with Crippen LogP contribution in [0, 0.1) is 0 Å². The molecule has 3 heteroatoms. The number of hydrogen-bond acceptors (Lipinski definition) is 3. The van der Waals surface area contributed by atoms with Gasteiger partial charge in [-0.05, 0) is 51.4 Å². The van der Waals surface area contributed by atoms with Crippen LogP contribution in [-0.2, 0) is 9.47 Å². The maximum atomic E-state index is 6.28. The van der Waals surface area contributed by atoms with Gasteiger partial charge in [0, 0.05) is 19.1 Å². The first-order chi connectivity index (χ1) is 8.26. The van der Waals surface area contributed by atoms with Gasteiger partial charge in [0.1, 0.15) is 0 Å². The SMILES string of the molecule is NC1CCC(OC2CCOC3(CCC3)C2)CC1. The Kier molecular flexibility index (Phi) is 3.42. The highest BCUT2D eigenvalue weighted by Crippen LogP contribution is 2.43. The molecule has 1 spiro atoms. The van der Waals surface area contributed by atoms with E-state index >= 15 is 0 Å². The van der Waals surface area contributed by atoms with Gasteiger partial charge in [-0.3, -0.25) is 0 Å². The molecule has 3 nitrogen and oxygen atoms in total. The number of hydrogen-bond donors (Lipinski definition) is 1. The zero-order valence-electron chi connectivity index (χ0n) is 10.7. The lowest BCUT2D eigenvalue weighted by atomic mass is 9.74. The molecule has 0 aromatic rings. The molecule has 17 heavy (non-hydrogen) atoms. The molecule has 2 N–H and O–H groups in total. The number of ether oxygens (including phenoxy) is 2. The minimum atomic E-state index is 0.216. The summed E-state index contributed by atoms with van der Waals surface area (Å²) in [4.78, 5) is 0. The molecule has 1 heterocycles. The summed E-state index contributed by atoms with van der Waals surface area (Å²) < 4.78 is 12.2. The molecule has 3 fully saturated rings. The normalized spacial score (nSPS) is 41.1. The molecule has 0 amide bonds. The first-order valence-electron chi connectivity index (χ1n) is 7.31. The molecule has 98 valence electrons. The lowest BCUT2D eigenvalue weighted by Crippen LogP contribution is -2.48. The molecule has 1 saturated heterocycles. The van der Waals surface area contributed by atoms with Gasteiger partial charge in [-0.15, -0.1) is 0 Å². The molecule has 3 aliphatic rings. The Morgan fingerprint density at radius 1 is 1.00 bits per heavy atom. The van der Waals surface area contributed by atoms with Gasteiger partial charge in [-0.2, -0.15) is 0 Å². The minimum Gasteiger partial charge on any atom is -0.375 e. The molecule has 0 aromatic heterocycles. The van der Waals surface area contributed by atoms with Crippen LogP contribution < -0.4 is 5.73 Å². The van der Waals surface area contributed by atoms with E-state index in [-0.39, 0.29) is 5.60 Å². The summed E-state index contributed by atoms with van der Waals surface area (Å²) in [6.45, 7) is 0.900. The maximum Gasteiger partial charge on any atom is 0.0707 e. The zero-order valence-corrected chi connectivity index (χ0v) is 10.7. The average Bonchev–Trinajstić information content (AvgIpc) is 2.31. The smallest absolute Gasteiger partial charge is 0.0707 e. The van der Waals surface area contributed by atoms with Crippen LogP contribution in [0.2, 0.25) is 0 Å². The van der Waals surface area contributed by atoms with E-state index in [1.165, 1.54) is 19.3 Å². The predicted molar refractivity (Wildman–Crippen MR) is 66.9 cm³/mol. The summed E-state index contributed by atoms with van der Waals surface area (Å²) in [6.07, 6.45) is 11.6. The van der Waals surface area contributed by atoms with Crippen LogP contribution in [0.4, 0.5) is 0 Å². The van der Waals surface area contributed by atoms with Crippen molar-refractivity contribution in [3.8, 4) is 0 Å². The number of nitrogens with two attached hydrogens (primary N) is 1. The van der Waals surface area contributed by atoms with Crippen LogP contribution in [0.1, 0.15) is 57.8 Å². The lowest BCUT2D eigenvalue weighted by molar-refractivity contribution is -0.181. The van der Waals surface area contributed by atoms with Gasteiger partial charge in [0.05, 0.1) is 17.8 Å². The van der Waals surface area contributed by atoms with E-state index < -0.39 is 0 Å². The molecule has 1 aliphatic heterocycles. The van der Waals surface area contributed by atoms with Crippen LogP contribution >= 0.6 is 0 Å². The molecule has 2 saturated carbocycles. The van der Waals surface area contributed by atoms with E-state index in [9.17, 15) is 0 Å². The van der Waals surface area contributed by atoms with Gasteiger partial charge >= 0.3 is 0 Å². The lowest BCUT2D eigenvalue weighted by Gasteiger charge is -2.47. The molecular weight excluding hydrogens is 214 g/mol. The van der Waals surface area contributed by atoms with E-state index in [4.69, 9.17) is 15.2 Å². The Labute approximate surface area is 104 Å². The van der Waals surface area contributed by atoms with Crippen molar-refractivity contribution in [3.05, 3.63) is 0 Å². The highest BCUT2D eigenvalue weighted by atomic mass is 16.5. The molecule has 1 unspecified atom stereocenters. The number of rotatable bonds is 2. The Morgan fingerprint density at radius 2 is 1.76 bits per heavy atom. The standard InChI is InChI=1S/C14H25NO2/c15-11-2-4-12(5-3-11)17-13-6-9-16-14(10-13)7-1-8-14/h11-13H,1-10,15H2. The highest BCUT2D eigenvalue weighted by molar-refractivity contribution is 4.94. The van der Waals surface area contributed by atoms with Gasteiger partial charge < -0.3 is 15.2 Å². The minimum absolute atomic E-state index is 0.216. The van der Waals surface area contributed by atoms with Crippen LogP contribution in [0.25, 0.3) is 0 Å².